The van der Waals surface area contributed by atoms with E-state index in [-0.39, 0.29) is 16.3 Å². The minimum atomic E-state index is -0.125. The van der Waals surface area contributed by atoms with Crippen LogP contribution in [0, 0.1) is 0 Å². The van der Waals surface area contributed by atoms with Gasteiger partial charge in [-0.15, -0.1) is 0 Å². The van der Waals surface area contributed by atoms with Crippen LogP contribution in [0.4, 0.5) is 0 Å². The molecule has 0 unspecified atom stereocenters. The Labute approximate surface area is 111 Å². The van der Waals surface area contributed by atoms with Crippen molar-refractivity contribution in [1.29, 1.82) is 0 Å². The third-order valence-corrected chi connectivity index (χ3v) is 3.18. The molecule has 102 valence electrons. The molecule has 0 aliphatic rings. The molecule has 0 saturated carbocycles. The van der Waals surface area contributed by atoms with E-state index in [1.807, 2.05) is 6.20 Å². The molecule has 0 fully saturated rings. The second-order valence-electron chi connectivity index (χ2n) is 7.14. The summed E-state index contributed by atoms with van der Waals surface area (Å²) in [5, 5.41) is 0. The molecule has 1 heterocycles. The minimum absolute atomic E-state index is 0.0352. The molecule has 18 heavy (non-hydrogen) atoms. The molecule has 0 atom stereocenters. The lowest BCUT2D eigenvalue weighted by molar-refractivity contribution is 0.509. The molecule has 0 aliphatic carbocycles. The predicted octanol–water partition coefficient (Wildman–Crippen LogP) is 3.92. The molecule has 1 rings (SSSR count). The molecule has 0 spiro atoms. The number of aromatic nitrogens is 1. The maximum atomic E-state index is 12.7. The van der Waals surface area contributed by atoms with Gasteiger partial charge in [0.25, 0.3) is 0 Å². The fraction of sp³-hybridized carbons (Fsp3) is 0.688. The normalized spacial score (nSPS) is 12.8. The zero-order chi connectivity index (χ0) is 14.1. The van der Waals surface area contributed by atoms with Gasteiger partial charge in [0.2, 0.25) is 0 Å². The Morgan fingerprint density at radius 3 is 2.00 bits per heavy atom. The van der Waals surface area contributed by atoms with Crippen LogP contribution in [0.15, 0.2) is 11.0 Å². The Morgan fingerprint density at radius 1 is 1.06 bits per heavy atom. The van der Waals surface area contributed by atoms with Crippen LogP contribution in [0.3, 0.4) is 0 Å². The van der Waals surface area contributed by atoms with Crippen LogP contribution in [-0.2, 0) is 17.3 Å². The molecule has 1 aromatic rings. The number of hydrogen-bond donors (Lipinski definition) is 1. The van der Waals surface area contributed by atoms with Crippen LogP contribution in [0.1, 0.15) is 71.7 Å². The first-order valence-electron chi connectivity index (χ1n) is 6.84. The third kappa shape index (κ3) is 3.04. The molecule has 0 saturated heterocycles. The number of pyridine rings is 1. The summed E-state index contributed by atoms with van der Waals surface area (Å²) in [6.07, 6.45) is 3.76. The number of nitrogens with one attached hydrogen (secondary N) is 1. The lowest BCUT2D eigenvalue weighted by Crippen LogP contribution is -2.32. The van der Waals surface area contributed by atoms with Crippen molar-refractivity contribution < 1.29 is 0 Å². The fourth-order valence-electron chi connectivity index (χ4n) is 2.33. The van der Waals surface area contributed by atoms with Gasteiger partial charge in [0, 0.05) is 28.4 Å². The second kappa shape index (κ2) is 4.91. The highest BCUT2D eigenvalue weighted by molar-refractivity contribution is 5.35. The average molecular weight is 249 g/mol. The molecular weight excluding hydrogens is 222 g/mol. The number of hydrogen-bond acceptors (Lipinski definition) is 1. The first-order chi connectivity index (χ1) is 8.09. The number of aryl methyl sites for hydroxylation is 1. The van der Waals surface area contributed by atoms with Gasteiger partial charge in [-0.1, -0.05) is 54.9 Å². The van der Waals surface area contributed by atoms with Crippen molar-refractivity contribution in [1.82, 2.24) is 4.98 Å². The Hall–Kier alpha value is -1.05. The molecule has 0 aliphatic heterocycles. The molecule has 0 bridgehead atoms. The van der Waals surface area contributed by atoms with Gasteiger partial charge in [0.1, 0.15) is 0 Å². The van der Waals surface area contributed by atoms with E-state index in [9.17, 15) is 4.79 Å². The SMILES string of the molecule is CCCc1c[nH]c(C(C)(C)C)c(C(C)(C)C)c1=O. The van der Waals surface area contributed by atoms with Crippen LogP contribution >= 0.6 is 0 Å². The maximum absolute atomic E-state index is 12.7. The van der Waals surface area contributed by atoms with E-state index in [2.05, 4.69) is 53.5 Å². The van der Waals surface area contributed by atoms with Gasteiger partial charge in [-0.25, -0.2) is 0 Å². The molecule has 0 aromatic carbocycles. The van der Waals surface area contributed by atoms with Crippen LogP contribution in [0.5, 0.6) is 0 Å². The maximum Gasteiger partial charge on any atom is 0.188 e. The summed E-state index contributed by atoms with van der Waals surface area (Å²) in [5.74, 6) is 0. The van der Waals surface area contributed by atoms with E-state index < -0.39 is 0 Å². The number of rotatable bonds is 2. The summed E-state index contributed by atoms with van der Waals surface area (Å²) >= 11 is 0. The van der Waals surface area contributed by atoms with Crippen LogP contribution in [-0.4, -0.2) is 4.98 Å². The quantitative estimate of drug-likeness (QED) is 0.846. The Kier molecular flexibility index (Phi) is 4.09. The zero-order valence-electron chi connectivity index (χ0n) is 12.9. The number of aromatic amines is 1. The van der Waals surface area contributed by atoms with Crippen LogP contribution < -0.4 is 5.43 Å². The predicted molar refractivity (Wildman–Crippen MR) is 78.5 cm³/mol. The average Bonchev–Trinajstić information content (AvgIpc) is 2.17. The van der Waals surface area contributed by atoms with Crippen molar-refractivity contribution in [3.8, 4) is 0 Å². The summed E-state index contributed by atoms with van der Waals surface area (Å²) in [7, 11) is 0. The van der Waals surface area contributed by atoms with Gasteiger partial charge >= 0.3 is 0 Å². The van der Waals surface area contributed by atoms with E-state index in [0.29, 0.717) is 0 Å². The molecule has 1 aromatic heterocycles. The van der Waals surface area contributed by atoms with Gasteiger partial charge in [0.05, 0.1) is 0 Å². The van der Waals surface area contributed by atoms with Crippen LogP contribution in [0.25, 0.3) is 0 Å². The highest BCUT2D eigenvalue weighted by atomic mass is 16.1. The molecule has 1 N–H and O–H groups in total. The van der Waals surface area contributed by atoms with Gasteiger partial charge < -0.3 is 4.98 Å². The Balaban J connectivity index is 3.58. The first kappa shape index (κ1) is 15.0. The Morgan fingerprint density at radius 2 is 1.61 bits per heavy atom. The highest BCUT2D eigenvalue weighted by Gasteiger charge is 2.29. The molecule has 2 nitrogen and oxygen atoms in total. The van der Waals surface area contributed by atoms with E-state index >= 15 is 0 Å². The summed E-state index contributed by atoms with van der Waals surface area (Å²) < 4.78 is 0. The first-order valence-corrected chi connectivity index (χ1v) is 6.84. The van der Waals surface area contributed by atoms with Crippen LogP contribution in [0.2, 0.25) is 0 Å². The third-order valence-electron chi connectivity index (χ3n) is 3.18. The van der Waals surface area contributed by atoms with Crippen molar-refractivity contribution in [3.63, 3.8) is 0 Å². The topological polar surface area (TPSA) is 32.9 Å². The van der Waals surface area contributed by atoms with E-state index in [0.717, 1.165) is 29.7 Å². The molecule has 0 radical (unpaired) electrons. The largest absolute Gasteiger partial charge is 0.364 e. The van der Waals surface area contributed by atoms with Gasteiger partial charge in [-0.3, -0.25) is 4.79 Å². The zero-order valence-corrected chi connectivity index (χ0v) is 12.9. The molecule has 0 amide bonds. The summed E-state index contributed by atoms with van der Waals surface area (Å²) in [4.78, 5) is 16.0. The van der Waals surface area contributed by atoms with E-state index in [1.54, 1.807) is 0 Å². The standard InChI is InChI=1S/C16H27NO/c1-8-9-11-10-17-14(16(5,6)7)12(13(11)18)15(2,3)4/h10H,8-9H2,1-7H3,(H,17,18). The van der Waals surface area contributed by atoms with E-state index in [4.69, 9.17) is 0 Å². The van der Waals surface area contributed by atoms with Crippen molar-refractivity contribution in [2.24, 2.45) is 0 Å². The Bertz CT molecular complexity index is 469. The summed E-state index contributed by atoms with van der Waals surface area (Å²) in [6.45, 7) is 14.9. The minimum Gasteiger partial charge on any atom is -0.364 e. The lowest BCUT2D eigenvalue weighted by Gasteiger charge is -2.29. The van der Waals surface area contributed by atoms with Crippen molar-refractivity contribution in [2.45, 2.75) is 72.1 Å². The summed E-state index contributed by atoms with van der Waals surface area (Å²) in [5.41, 5.74) is 3.00. The number of H-pyrrole nitrogens is 1. The lowest BCUT2D eigenvalue weighted by atomic mass is 9.77. The summed E-state index contributed by atoms with van der Waals surface area (Å²) in [6, 6.07) is 0. The van der Waals surface area contributed by atoms with Gasteiger partial charge in [-0.05, 0) is 11.8 Å². The van der Waals surface area contributed by atoms with Gasteiger partial charge in [-0.2, -0.15) is 0 Å². The van der Waals surface area contributed by atoms with Gasteiger partial charge in [0.15, 0.2) is 5.43 Å². The fourth-order valence-corrected chi connectivity index (χ4v) is 2.33. The molecular formula is C16H27NO. The van der Waals surface area contributed by atoms with Crippen molar-refractivity contribution >= 4 is 0 Å². The monoisotopic (exact) mass is 249 g/mol. The molecule has 2 heteroatoms. The smallest absolute Gasteiger partial charge is 0.188 e. The highest BCUT2D eigenvalue weighted by Crippen LogP contribution is 2.30. The van der Waals surface area contributed by atoms with Crippen molar-refractivity contribution in [2.75, 3.05) is 0 Å². The van der Waals surface area contributed by atoms with Crippen molar-refractivity contribution in [3.05, 3.63) is 33.2 Å². The van der Waals surface area contributed by atoms with E-state index in [1.165, 1.54) is 0 Å². The second-order valence-corrected chi connectivity index (χ2v) is 7.14.